The fraction of sp³-hybridized carbons (Fsp3) is 0.0909. The fourth-order valence-corrected chi connectivity index (χ4v) is 1.84. The quantitative estimate of drug-likeness (QED) is 0.672. The van der Waals surface area contributed by atoms with Crippen LogP contribution < -0.4 is 16.0 Å². The molecule has 0 saturated heterocycles. The normalized spacial score (nSPS) is 10.1. The highest BCUT2D eigenvalue weighted by atomic mass is 79.9. The molecule has 88 valence electrons. The van der Waals surface area contributed by atoms with Gasteiger partial charge in [-0.15, -0.1) is 0 Å². The molecule has 0 aliphatic heterocycles. The first-order valence-corrected chi connectivity index (χ1v) is 5.71. The van der Waals surface area contributed by atoms with Gasteiger partial charge in [-0.1, -0.05) is 6.07 Å². The van der Waals surface area contributed by atoms with Crippen LogP contribution in [0.4, 0.5) is 5.82 Å². The van der Waals surface area contributed by atoms with Crippen molar-refractivity contribution >= 4 is 21.7 Å². The zero-order valence-electron chi connectivity index (χ0n) is 9.14. The Labute approximate surface area is 107 Å². The van der Waals surface area contributed by atoms with Crippen molar-refractivity contribution in [3.8, 4) is 11.6 Å². The minimum absolute atomic E-state index is 0.380. The molecule has 0 atom stereocenters. The lowest BCUT2D eigenvalue weighted by molar-refractivity contribution is 0.458. The number of hydrogen-bond acceptors (Lipinski definition) is 5. The van der Waals surface area contributed by atoms with Crippen LogP contribution in [-0.4, -0.2) is 9.97 Å². The minimum Gasteiger partial charge on any atom is -0.436 e. The zero-order valence-corrected chi connectivity index (χ0v) is 10.7. The Morgan fingerprint density at radius 1 is 1.35 bits per heavy atom. The predicted octanol–water partition coefficient (Wildman–Crippen LogP) is 2.63. The Balaban J connectivity index is 2.25. The molecule has 0 fully saturated rings. The van der Waals surface area contributed by atoms with Gasteiger partial charge in [-0.05, 0) is 40.5 Å². The molecule has 0 aliphatic carbocycles. The minimum atomic E-state index is 0.380. The predicted molar refractivity (Wildman–Crippen MR) is 68.8 cm³/mol. The number of halogens is 1. The summed E-state index contributed by atoms with van der Waals surface area (Å²) in [6.45, 7) is 2.01. The second-order valence-electron chi connectivity index (χ2n) is 3.42. The van der Waals surface area contributed by atoms with Crippen LogP contribution in [0.3, 0.4) is 0 Å². The maximum absolute atomic E-state index is 5.59. The average Bonchev–Trinajstić information content (AvgIpc) is 2.33. The van der Waals surface area contributed by atoms with E-state index in [1.165, 1.54) is 12.4 Å². The van der Waals surface area contributed by atoms with E-state index in [1.54, 1.807) is 0 Å². The Hall–Kier alpha value is -1.66. The van der Waals surface area contributed by atoms with Gasteiger partial charge in [0.05, 0.1) is 16.9 Å². The van der Waals surface area contributed by atoms with Crippen molar-refractivity contribution in [3.05, 3.63) is 40.6 Å². The van der Waals surface area contributed by atoms with Crippen molar-refractivity contribution < 1.29 is 4.74 Å². The van der Waals surface area contributed by atoms with Crippen LogP contribution in [0.2, 0.25) is 0 Å². The first kappa shape index (κ1) is 11.8. The summed E-state index contributed by atoms with van der Waals surface area (Å²) in [5.41, 5.74) is 3.56. The van der Waals surface area contributed by atoms with Gasteiger partial charge >= 0.3 is 0 Å². The van der Waals surface area contributed by atoms with E-state index >= 15 is 0 Å². The van der Waals surface area contributed by atoms with E-state index in [0.717, 1.165) is 10.0 Å². The number of nitrogens with zero attached hydrogens (tertiary/aromatic N) is 2. The molecule has 2 rings (SSSR count). The standard InChI is InChI=1S/C11H11BrN4O/c1-7-2-3-9(8(12)4-7)17-11-6-14-5-10(15-11)16-13/h2-6H,13H2,1H3,(H,15,16). The van der Waals surface area contributed by atoms with E-state index in [0.29, 0.717) is 17.4 Å². The molecule has 2 aromatic rings. The summed E-state index contributed by atoms with van der Waals surface area (Å²) in [5, 5.41) is 0. The molecule has 1 aromatic carbocycles. The number of hydrogen-bond donors (Lipinski definition) is 2. The lowest BCUT2D eigenvalue weighted by Gasteiger charge is -2.07. The van der Waals surface area contributed by atoms with E-state index in [2.05, 4.69) is 31.3 Å². The molecule has 5 nitrogen and oxygen atoms in total. The van der Waals surface area contributed by atoms with Gasteiger partial charge in [0.25, 0.3) is 0 Å². The highest BCUT2D eigenvalue weighted by Gasteiger charge is 2.04. The van der Waals surface area contributed by atoms with E-state index in [-0.39, 0.29) is 0 Å². The third-order valence-electron chi connectivity index (χ3n) is 2.06. The van der Waals surface area contributed by atoms with Crippen LogP contribution in [0.15, 0.2) is 35.1 Å². The van der Waals surface area contributed by atoms with Gasteiger partial charge in [-0.2, -0.15) is 4.98 Å². The highest BCUT2D eigenvalue weighted by molar-refractivity contribution is 9.10. The molecule has 3 N–H and O–H groups in total. The summed E-state index contributed by atoms with van der Waals surface area (Å²) in [6, 6.07) is 5.79. The van der Waals surface area contributed by atoms with Gasteiger partial charge in [0, 0.05) is 0 Å². The van der Waals surface area contributed by atoms with Crippen molar-refractivity contribution in [1.29, 1.82) is 0 Å². The third kappa shape index (κ3) is 2.92. The molecular weight excluding hydrogens is 284 g/mol. The number of rotatable bonds is 3. The molecule has 0 unspecified atom stereocenters. The number of ether oxygens (including phenoxy) is 1. The lowest BCUT2D eigenvalue weighted by Crippen LogP contribution is -2.09. The van der Waals surface area contributed by atoms with Gasteiger partial charge in [0.15, 0.2) is 5.82 Å². The Morgan fingerprint density at radius 3 is 2.88 bits per heavy atom. The summed E-state index contributed by atoms with van der Waals surface area (Å²) >= 11 is 3.43. The van der Waals surface area contributed by atoms with Gasteiger partial charge in [0.1, 0.15) is 5.75 Å². The van der Waals surface area contributed by atoms with Gasteiger partial charge in [-0.25, -0.2) is 5.84 Å². The molecule has 6 heteroatoms. The lowest BCUT2D eigenvalue weighted by atomic mass is 10.2. The average molecular weight is 295 g/mol. The Morgan fingerprint density at radius 2 is 2.18 bits per heavy atom. The van der Waals surface area contributed by atoms with Crippen LogP contribution >= 0.6 is 15.9 Å². The Kier molecular flexibility index (Phi) is 3.55. The first-order chi connectivity index (χ1) is 8.19. The number of nitrogens with two attached hydrogens (primary N) is 1. The smallest absolute Gasteiger partial charge is 0.239 e. The summed E-state index contributed by atoms with van der Waals surface area (Å²) in [7, 11) is 0. The number of nitrogens with one attached hydrogen (secondary N) is 1. The molecule has 0 aliphatic rings. The van der Waals surface area contributed by atoms with E-state index in [9.17, 15) is 0 Å². The number of hydrazine groups is 1. The van der Waals surface area contributed by atoms with Gasteiger partial charge in [0.2, 0.25) is 5.88 Å². The molecule has 1 heterocycles. The van der Waals surface area contributed by atoms with Crippen molar-refractivity contribution in [3.63, 3.8) is 0 Å². The van der Waals surface area contributed by atoms with Crippen LogP contribution in [0.1, 0.15) is 5.56 Å². The number of benzene rings is 1. The first-order valence-electron chi connectivity index (χ1n) is 4.91. The molecule has 0 saturated carbocycles. The van der Waals surface area contributed by atoms with Crippen LogP contribution in [0, 0.1) is 6.92 Å². The second-order valence-corrected chi connectivity index (χ2v) is 4.28. The van der Waals surface area contributed by atoms with E-state index < -0.39 is 0 Å². The van der Waals surface area contributed by atoms with Crippen molar-refractivity contribution in [2.45, 2.75) is 6.92 Å². The maximum Gasteiger partial charge on any atom is 0.239 e. The molecule has 0 radical (unpaired) electrons. The topological polar surface area (TPSA) is 73.1 Å². The highest BCUT2D eigenvalue weighted by Crippen LogP contribution is 2.29. The number of nitrogen functional groups attached to an aromatic ring is 1. The summed E-state index contributed by atoms with van der Waals surface area (Å²) in [6.07, 6.45) is 3.03. The molecule has 17 heavy (non-hydrogen) atoms. The van der Waals surface area contributed by atoms with E-state index in [1.807, 2.05) is 25.1 Å². The monoisotopic (exact) mass is 294 g/mol. The van der Waals surface area contributed by atoms with Crippen LogP contribution in [0.25, 0.3) is 0 Å². The summed E-state index contributed by atoms with van der Waals surface area (Å²) < 4.78 is 6.46. The van der Waals surface area contributed by atoms with Crippen LogP contribution in [0.5, 0.6) is 11.6 Å². The number of aryl methyl sites for hydroxylation is 1. The molecule has 0 bridgehead atoms. The Bertz CT molecular complexity index is 533. The SMILES string of the molecule is Cc1ccc(Oc2cncc(NN)n2)c(Br)c1. The van der Waals surface area contributed by atoms with Crippen LogP contribution in [-0.2, 0) is 0 Å². The van der Waals surface area contributed by atoms with Gasteiger partial charge < -0.3 is 10.2 Å². The summed E-state index contributed by atoms with van der Waals surface area (Å²) in [5.74, 6) is 6.75. The third-order valence-corrected chi connectivity index (χ3v) is 2.68. The zero-order chi connectivity index (χ0) is 12.3. The van der Waals surface area contributed by atoms with Gasteiger partial charge in [-0.3, -0.25) is 4.98 Å². The molecule has 0 spiro atoms. The van der Waals surface area contributed by atoms with Crippen molar-refractivity contribution in [2.24, 2.45) is 5.84 Å². The molecule has 1 aromatic heterocycles. The molecular formula is C11H11BrN4O. The fourth-order valence-electron chi connectivity index (χ4n) is 1.27. The second kappa shape index (κ2) is 5.11. The maximum atomic E-state index is 5.59. The number of aromatic nitrogens is 2. The summed E-state index contributed by atoms with van der Waals surface area (Å²) in [4.78, 5) is 8.06. The number of anilines is 1. The van der Waals surface area contributed by atoms with Crippen molar-refractivity contribution in [1.82, 2.24) is 9.97 Å². The van der Waals surface area contributed by atoms with E-state index in [4.69, 9.17) is 10.6 Å². The van der Waals surface area contributed by atoms with Crippen molar-refractivity contribution in [2.75, 3.05) is 5.43 Å². The molecule has 0 amide bonds. The largest absolute Gasteiger partial charge is 0.436 e.